The number of nitrogens with zero attached hydrogens (tertiary/aromatic N) is 4. The molecule has 3 amide bonds. The Bertz CT molecular complexity index is 812. The zero-order valence-corrected chi connectivity index (χ0v) is 14.9. The van der Waals surface area contributed by atoms with Gasteiger partial charge in [-0.1, -0.05) is 0 Å². The van der Waals surface area contributed by atoms with Gasteiger partial charge in [-0.25, -0.2) is 29.4 Å². The first kappa shape index (κ1) is 19.8. The molecule has 10 heteroatoms. The number of imide groups is 1. The van der Waals surface area contributed by atoms with Crippen LogP contribution in [0.15, 0.2) is 37.1 Å². The average Bonchev–Trinajstić information content (AvgIpc) is 2.60. The molecule has 0 saturated carbocycles. The summed E-state index contributed by atoms with van der Waals surface area (Å²) in [4.78, 5) is 46.1. The number of likely N-dealkylation sites (tertiary alicyclic amines) is 1. The van der Waals surface area contributed by atoms with E-state index in [2.05, 4.69) is 20.3 Å². The third kappa shape index (κ3) is 5.21. The minimum absolute atomic E-state index is 0.147. The molecule has 0 aromatic carbocycles. The number of carbonyl (C=O) groups excluding carboxylic acids is 2. The molecule has 2 aromatic rings. The molecular weight excluding hydrogens is 352 g/mol. The monoisotopic (exact) mass is 372 g/mol. The first-order chi connectivity index (χ1) is 12.8. The van der Waals surface area contributed by atoms with Crippen LogP contribution in [-0.2, 0) is 9.59 Å². The average molecular weight is 372 g/mol. The Morgan fingerprint density at radius 1 is 1.37 bits per heavy atom. The Morgan fingerprint density at radius 3 is 2.52 bits per heavy atom. The summed E-state index contributed by atoms with van der Waals surface area (Å²) < 4.78 is 0. The van der Waals surface area contributed by atoms with Gasteiger partial charge in [0.2, 0.25) is 5.91 Å². The molecule has 0 bridgehead atoms. The fraction of sp³-hybridized carbons (Fsp3) is 0.294. The van der Waals surface area contributed by atoms with Gasteiger partial charge in [-0.3, -0.25) is 4.79 Å². The molecule has 1 fully saturated rings. The van der Waals surface area contributed by atoms with Crippen molar-refractivity contribution in [3.8, 4) is 0 Å². The van der Waals surface area contributed by atoms with Gasteiger partial charge in [0.1, 0.15) is 18.2 Å². The fourth-order valence-electron chi connectivity index (χ4n) is 2.30. The lowest BCUT2D eigenvalue weighted by molar-refractivity contribution is -0.157. The molecule has 4 N–H and O–H groups in total. The van der Waals surface area contributed by atoms with E-state index in [1.165, 1.54) is 18.7 Å². The van der Waals surface area contributed by atoms with E-state index in [4.69, 9.17) is 10.8 Å². The molecule has 2 unspecified atom stereocenters. The topological polar surface area (TPSA) is 151 Å². The summed E-state index contributed by atoms with van der Waals surface area (Å²) in [5.41, 5.74) is 7.16. The third-order valence-corrected chi connectivity index (χ3v) is 3.81. The molecule has 2 aromatic heterocycles. The number of rotatable bonds is 3. The lowest BCUT2D eigenvalue weighted by atomic mass is 10.0. The lowest BCUT2D eigenvalue weighted by Gasteiger charge is -2.36. The molecule has 0 radical (unpaired) electrons. The summed E-state index contributed by atoms with van der Waals surface area (Å²) in [6.45, 7) is 3.68. The van der Waals surface area contributed by atoms with Crippen molar-refractivity contribution in [3.63, 3.8) is 0 Å². The molecule has 3 heterocycles. The number of carbonyl (C=O) groups is 3. The molecule has 1 saturated heterocycles. The third-order valence-electron chi connectivity index (χ3n) is 3.81. The van der Waals surface area contributed by atoms with Gasteiger partial charge in [-0.05, 0) is 31.5 Å². The van der Waals surface area contributed by atoms with Gasteiger partial charge in [0.05, 0.1) is 12.5 Å². The molecule has 1 aliphatic rings. The smallest absolute Gasteiger partial charge is 0.327 e. The molecule has 0 aliphatic carbocycles. The second-order valence-electron chi connectivity index (χ2n) is 5.92. The number of aryl methyl sites for hydroxylation is 1. The summed E-state index contributed by atoms with van der Waals surface area (Å²) in [5.74, 6) is -1.10. The van der Waals surface area contributed by atoms with Gasteiger partial charge in [0.25, 0.3) is 0 Å². The highest BCUT2D eigenvalue weighted by atomic mass is 16.4. The summed E-state index contributed by atoms with van der Waals surface area (Å²) in [5, 5.41) is 11.4. The number of nitrogen functional groups attached to an aromatic ring is 1. The van der Waals surface area contributed by atoms with Gasteiger partial charge in [-0.15, -0.1) is 0 Å². The Balaban J connectivity index is 0.000000273. The predicted molar refractivity (Wildman–Crippen MR) is 95.3 cm³/mol. The van der Waals surface area contributed by atoms with Gasteiger partial charge in [0.15, 0.2) is 0 Å². The number of aliphatic carboxylic acids is 1. The van der Waals surface area contributed by atoms with Crippen molar-refractivity contribution in [1.82, 2.24) is 25.2 Å². The number of amides is 3. The van der Waals surface area contributed by atoms with E-state index >= 15 is 0 Å². The molecule has 3 rings (SSSR count). The molecule has 142 valence electrons. The SMILES string of the molecule is CC(NC(=O)N1C(=O)CC1C(=O)O)c1cncnc1.Cc1ccnc(N)c1. The normalized spacial score (nSPS) is 16.4. The number of anilines is 1. The summed E-state index contributed by atoms with van der Waals surface area (Å²) >= 11 is 0. The number of aromatic nitrogens is 3. The Morgan fingerprint density at radius 2 is 2.04 bits per heavy atom. The van der Waals surface area contributed by atoms with Gasteiger partial charge in [-0.2, -0.15) is 0 Å². The zero-order chi connectivity index (χ0) is 20.0. The first-order valence-corrected chi connectivity index (χ1v) is 8.08. The van der Waals surface area contributed by atoms with Crippen LogP contribution in [0.2, 0.25) is 0 Å². The molecular formula is C17H20N6O4. The van der Waals surface area contributed by atoms with E-state index in [1.54, 1.807) is 13.1 Å². The molecule has 27 heavy (non-hydrogen) atoms. The van der Waals surface area contributed by atoms with Crippen LogP contribution in [0.3, 0.4) is 0 Å². The maximum atomic E-state index is 11.8. The van der Waals surface area contributed by atoms with Crippen LogP contribution < -0.4 is 11.1 Å². The molecule has 0 spiro atoms. The van der Waals surface area contributed by atoms with Crippen molar-refractivity contribution in [1.29, 1.82) is 0 Å². The van der Waals surface area contributed by atoms with Crippen molar-refractivity contribution in [2.75, 3.05) is 5.73 Å². The van der Waals surface area contributed by atoms with Crippen LogP contribution in [0.25, 0.3) is 0 Å². The molecule has 2 atom stereocenters. The Kier molecular flexibility index (Phi) is 6.36. The lowest BCUT2D eigenvalue weighted by Crippen LogP contribution is -2.61. The first-order valence-electron chi connectivity index (χ1n) is 8.08. The van der Waals surface area contributed by atoms with E-state index in [1.807, 2.05) is 19.1 Å². The van der Waals surface area contributed by atoms with E-state index in [9.17, 15) is 14.4 Å². The van der Waals surface area contributed by atoms with Crippen molar-refractivity contribution < 1.29 is 19.5 Å². The number of carboxylic acids is 1. The van der Waals surface area contributed by atoms with Crippen LogP contribution in [0.5, 0.6) is 0 Å². The number of β-lactam (4-membered cyclic amide) rings is 1. The van der Waals surface area contributed by atoms with Gasteiger partial charge in [0, 0.05) is 24.2 Å². The summed E-state index contributed by atoms with van der Waals surface area (Å²) in [6.07, 6.45) is 5.98. The van der Waals surface area contributed by atoms with Gasteiger partial charge >= 0.3 is 12.0 Å². The highest BCUT2D eigenvalue weighted by Gasteiger charge is 2.45. The molecule has 1 aliphatic heterocycles. The van der Waals surface area contributed by atoms with Crippen molar-refractivity contribution in [2.24, 2.45) is 0 Å². The molecule has 10 nitrogen and oxygen atoms in total. The van der Waals surface area contributed by atoms with Crippen LogP contribution in [-0.4, -0.2) is 48.9 Å². The minimum atomic E-state index is -1.19. The standard InChI is InChI=1S/C11H12N4O4.C6H8N2/c1-6(7-3-12-5-13-4-7)14-11(19)15-8(10(17)18)2-9(15)16;1-5-2-3-8-6(7)4-5/h3-6,8H,2H2,1H3,(H,14,19)(H,17,18);2-4H,1H3,(H2,7,8). The van der Waals surface area contributed by atoms with Crippen LogP contribution >= 0.6 is 0 Å². The Labute approximate surface area is 155 Å². The van der Waals surface area contributed by atoms with E-state index in [-0.39, 0.29) is 6.42 Å². The quantitative estimate of drug-likeness (QED) is 0.672. The zero-order valence-electron chi connectivity index (χ0n) is 14.9. The number of hydrogen-bond donors (Lipinski definition) is 3. The maximum absolute atomic E-state index is 11.8. The second-order valence-corrected chi connectivity index (χ2v) is 5.92. The summed E-state index contributed by atoms with van der Waals surface area (Å²) in [7, 11) is 0. The number of urea groups is 1. The maximum Gasteiger partial charge on any atom is 0.327 e. The number of nitrogens with two attached hydrogens (primary N) is 1. The number of carboxylic acid groups (broad SMARTS) is 1. The van der Waals surface area contributed by atoms with Crippen LogP contribution in [0, 0.1) is 6.92 Å². The van der Waals surface area contributed by atoms with E-state index in [0.717, 1.165) is 5.56 Å². The second kappa shape index (κ2) is 8.70. The van der Waals surface area contributed by atoms with Gasteiger partial charge < -0.3 is 16.2 Å². The van der Waals surface area contributed by atoms with Crippen molar-refractivity contribution in [3.05, 3.63) is 48.2 Å². The van der Waals surface area contributed by atoms with E-state index < -0.39 is 30.0 Å². The minimum Gasteiger partial charge on any atom is -0.480 e. The Hall–Kier alpha value is -3.56. The van der Waals surface area contributed by atoms with Crippen LogP contribution in [0.1, 0.15) is 30.5 Å². The summed E-state index contributed by atoms with van der Waals surface area (Å²) in [6, 6.07) is 1.53. The number of hydrogen-bond acceptors (Lipinski definition) is 7. The fourth-order valence-corrected chi connectivity index (χ4v) is 2.30. The number of nitrogens with one attached hydrogen (secondary N) is 1. The van der Waals surface area contributed by atoms with Crippen molar-refractivity contribution in [2.45, 2.75) is 32.4 Å². The predicted octanol–water partition coefficient (Wildman–Crippen LogP) is 0.905. The highest BCUT2D eigenvalue weighted by Crippen LogP contribution is 2.20. The van der Waals surface area contributed by atoms with Crippen molar-refractivity contribution >= 4 is 23.7 Å². The van der Waals surface area contributed by atoms with E-state index in [0.29, 0.717) is 16.3 Å². The van der Waals surface area contributed by atoms with Crippen LogP contribution in [0.4, 0.5) is 10.6 Å². The highest BCUT2D eigenvalue weighted by molar-refractivity contribution is 6.05. The largest absolute Gasteiger partial charge is 0.480 e. The number of pyridine rings is 1.